The highest BCUT2D eigenvalue weighted by Crippen LogP contribution is 2.66. The van der Waals surface area contributed by atoms with Crippen molar-refractivity contribution in [3.8, 4) is 66.6 Å². The second-order valence-corrected chi connectivity index (χ2v) is 14.7. The Bertz CT molecular complexity index is 2750. The first-order valence-corrected chi connectivity index (χ1v) is 18.6. The van der Waals surface area contributed by atoms with Gasteiger partial charge in [0.25, 0.3) is 0 Å². The van der Waals surface area contributed by atoms with Crippen LogP contribution in [-0.2, 0) is 5.41 Å². The number of rotatable bonds is 4. The Kier molecular flexibility index (Phi) is 6.37. The zero-order chi connectivity index (χ0) is 34.2. The van der Waals surface area contributed by atoms with E-state index in [1.54, 1.807) is 0 Å². The van der Waals surface area contributed by atoms with Gasteiger partial charge in [-0.1, -0.05) is 164 Å². The lowest BCUT2D eigenvalue weighted by molar-refractivity contribution is 0.803. The molecule has 2 aliphatic rings. The predicted octanol–water partition coefficient (Wildman–Crippen LogP) is 12.7. The first kappa shape index (κ1) is 29.3. The fourth-order valence-corrected chi connectivity index (χ4v) is 10.1. The molecule has 0 unspecified atom stereocenters. The van der Waals surface area contributed by atoms with Crippen LogP contribution in [-0.4, -0.2) is 9.97 Å². The van der Waals surface area contributed by atoms with Gasteiger partial charge in [0, 0.05) is 26.3 Å². The van der Waals surface area contributed by atoms with Crippen LogP contribution in [0.3, 0.4) is 0 Å². The van der Waals surface area contributed by atoms with Gasteiger partial charge in [0.15, 0.2) is 5.82 Å². The number of nitrogens with zero attached hydrogens (tertiary/aromatic N) is 2. The molecule has 2 aromatic heterocycles. The third-order valence-electron chi connectivity index (χ3n) is 10.9. The van der Waals surface area contributed by atoms with E-state index in [2.05, 4.69) is 158 Å². The SMILES string of the molecule is c1ccc(-c2cc(-c3ccccc3-c3ccc4c(c3)-c3sc5ccccc5c3C43c4ccccc4-c4ccccc43)nc(-c3ccccc3)n2)cc1. The maximum Gasteiger partial charge on any atom is 0.160 e. The predicted molar refractivity (Wildman–Crippen MR) is 215 cm³/mol. The summed E-state index contributed by atoms with van der Waals surface area (Å²) in [6.45, 7) is 0. The molecule has 9 aromatic rings. The van der Waals surface area contributed by atoms with Crippen LogP contribution < -0.4 is 0 Å². The van der Waals surface area contributed by atoms with Gasteiger partial charge in [-0.15, -0.1) is 11.3 Å². The van der Waals surface area contributed by atoms with Crippen molar-refractivity contribution in [2.75, 3.05) is 0 Å². The minimum atomic E-state index is -0.378. The average molecular weight is 679 g/mol. The molecule has 0 bridgehead atoms. The van der Waals surface area contributed by atoms with Crippen molar-refractivity contribution in [2.45, 2.75) is 5.41 Å². The molecule has 2 aliphatic carbocycles. The standard InChI is InChI=1S/C49H30N2S/c1-3-15-31(16-4-1)43-30-44(51-48(50-43)32-17-5-2-6-18-32)37-22-8-7-19-34(37)33-27-28-42-39(29-33)47-46(38-23-11-14-26-45(38)52-47)49(42)40-24-12-9-20-35(40)36-21-10-13-25-41(36)49/h1-30H. The van der Waals surface area contributed by atoms with Crippen LogP contribution in [0, 0.1) is 0 Å². The number of hydrogen-bond acceptors (Lipinski definition) is 3. The van der Waals surface area contributed by atoms with Gasteiger partial charge in [0.05, 0.1) is 16.8 Å². The summed E-state index contributed by atoms with van der Waals surface area (Å²) in [6, 6.07) is 65.7. The Hall–Kier alpha value is -6.42. The van der Waals surface area contributed by atoms with E-state index in [4.69, 9.17) is 9.97 Å². The molecular weight excluding hydrogens is 649 g/mol. The Labute approximate surface area is 306 Å². The first-order valence-electron chi connectivity index (χ1n) is 17.7. The van der Waals surface area contributed by atoms with E-state index in [0.29, 0.717) is 0 Å². The summed E-state index contributed by atoms with van der Waals surface area (Å²) in [6.07, 6.45) is 0. The highest BCUT2D eigenvalue weighted by atomic mass is 32.1. The molecule has 0 atom stereocenters. The largest absolute Gasteiger partial charge is 0.228 e. The molecule has 11 rings (SSSR count). The molecule has 0 saturated heterocycles. The van der Waals surface area contributed by atoms with Gasteiger partial charge in [-0.2, -0.15) is 0 Å². The molecule has 0 saturated carbocycles. The van der Waals surface area contributed by atoms with E-state index in [0.717, 1.165) is 39.5 Å². The van der Waals surface area contributed by atoms with Crippen molar-refractivity contribution in [3.05, 3.63) is 204 Å². The molecule has 1 spiro atoms. The second-order valence-electron chi connectivity index (χ2n) is 13.6. The molecule has 0 N–H and O–H groups in total. The second kappa shape index (κ2) is 11.3. The van der Waals surface area contributed by atoms with Crippen LogP contribution in [0.4, 0.5) is 0 Å². The third-order valence-corrected chi connectivity index (χ3v) is 12.1. The van der Waals surface area contributed by atoms with Crippen LogP contribution in [0.1, 0.15) is 22.3 Å². The van der Waals surface area contributed by atoms with E-state index in [1.807, 2.05) is 35.6 Å². The van der Waals surface area contributed by atoms with Crippen LogP contribution >= 0.6 is 11.3 Å². The van der Waals surface area contributed by atoms with Crippen molar-refractivity contribution in [3.63, 3.8) is 0 Å². The number of benzene rings is 7. The summed E-state index contributed by atoms with van der Waals surface area (Å²) < 4.78 is 1.33. The van der Waals surface area contributed by atoms with Gasteiger partial charge in [-0.25, -0.2) is 9.97 Å². The van der Waals surface area contributed by atoms with Gasteiger partial charge in [-0.3, -0.25) is 0 Å². The molecule has 0 radical (unpaired) electrons. The summed E-state index contributed by atoms with van der Waals surface area (Å²) in [5.41, 5.74) is 16.4. The van der Waals surface area contributed by atoms with Gasteiger partial charge in [0.2, 0.25) is 0 Å². The quantitative estimate of drug-likeness (QED) is 0.185. The molecule has 7 aromatic carbocycles. The summed E-state index contributed by atoms with van der Waals surface area (Å²) in [7, 11) is 0. The summed E-state index contributed by atoms with van der Waals surface area (Å²) >= 11 is 1.92. The number of aromatic nitrogens is 2. The lowest BCUT2D eigenvalue weighted by Gasteiger charge is -2.30. The lowest BCUT2D eigenvalue weighted by atomic mass is 9.70. The van der Waals surface area contributed by atoms with Crippen molar-refractivity contribution < 1.29 is 0 Å². The minimum absolute atomic E-state index is 0.378. The Morgan fingerprint density at radius 1 is 0.385 bits per heavy atom. The van der Waals surface area contributed by atoms with E-state index in [9.17, 15) is 0 Å². The number of hydrogen-bond donors (Lipinski definition) is 0. The monoisotopic (exact) mass is 678 g/mol. The molecule has 0 aliphatic heterocycles. The molecule has 52 heavy (non-hydrogen) atoms. The topological polar surface area (TPSA) is 25.8 Å². The summed E-state index contributed by atoms with van der Waals surface area (Å²) in [5.74, 6) is 0.719. The normalized spacial score (nSPS) is 13.2. The smallest absolute Gasteiger partial charge is 0.160 e. The van der Waals surface area contributed by atoms with Gasteiger partial charge < -0.3 is 0 Å². The Morgan fingerprint density at radius 3 is 1.67 bits per heavy atom. The molecule has 2 heterocycles. The Balaban J connectivity index is 1.15. The number of thiophene rings is 1. The highest BCUT2D eigenvalue weighted by molar-refractivity contribution is 7.22. The van der Waals surface area contributed by atoms with Gasteiger partial charge in [-0.05, 0) is 73.7 Å². The van der Waals surface area contributed by atoms with E-state index < -0.39 is 0 Å². The van der Waals surface area contributed by atoms with Crippen LogP contribution in [0.5, 0.6) is 0 Å². The van der Waals surface area contributed by atoms with E-state index >= 15 is 0 Å². The lowest BCUT2D eigenvalue weighted by Crippen LogP contribution is -2.25. The van der Waals surface area contributed by atoms with E-state index in [1.165, 1.54) is 59.5 Å². The van der Waals surface area contributed by atoms with Crippen LogP contribution in [0.2, 0.25) is 0 Å². The fraction of sp³-hybridized carbons (Fsp3) is 0.0204. The minimum Gasteiger partial charge on any atom is -0.228 e. The van der Waals surface area contributed by atoms with Crippen molar-refractivity contribution in [1.82, 2.24) is 9.97 Å². The van der Waals surface area contributed by atoms with Gasteiger partial charge >= 0.3 is 0 Å². The van der Waals surface area contributed by atoms with Crippen molar-refractivity contribution in [1.29, 1.82) is 0 Å². The van der Waals surface area contributed by atoms with Crippen LogP contribution in [0.25, 0.3) is 76.7 Å². The van der Waals surface area contributed by atoms with Gasteiger partial charge in [0.1, 0.15) is 0 Å². The average Bonchev–Trinajstić information content (AvgIpc) is 3.85. The van der Waals surface area contributed by atoms with Crippen molar-refractivity contribution in [2.24, 2.45) is 0 Å². The molecule has 0 fully saturated rings. The summed E-state index contributed by atoms with van der Waals surface area (Å²) in [4.78, 5) is 11.6. The summed E-state index contributed by atoms with van der Waals surface area (Å²) in [5, 5.41) is 1.34. The number of fused-ring (bicyclic) bond motifs is 12. The molecule has 0 amide bonds. The maximum absolute atomic E-state index is 5.22. The highest BCUT2D eigenvalue weighted by Gasteiger charge is 2.53. The fourth-order valence-electron chi connectivity index (χ4n) is 8.78. The van der Waals surface area contributed by atoms with E-state index in [-0.39, 0.29) is 5.41 Å². The molecule has 242 valence electrons. The maximum atomic E-state index is 5.22. The van der Waals surface area contributed by atoms with Crippen molar-refractivity contribution >= 4 is 21.4 Å². The third kappa shape index (κ3) is 4.11. The molecular formula is C49H30N2S. The first-order chi connectivity index (χ1) is 25.8. The zero-order valence-electron chi connectivity index (χ0n) is 28.1. The van der Waals surface area contributed by atoms with Crippen LogP contribution in [0.15, 0.2) is 182 Å². The Morgan fingerprint density at radius 2 is 0.942 bits per heavy atom. The zero-order valence-corrected chi connectivity index (χ0v) is 28.9. The molecule has 3 heteroatoms. The molecule has 2 nitrogen and oxygen atoms in total.